The van der Waals surface area contributed by atoms with E-state index in [1.54, 1.807) is 31.5 Å². The lowest BCUT2D eigenvalue weighted by atomic mass is 9.85. The zero-order chi connectivity index (χ0) is 22.0. The molecule has 168 valence electrons. The third-order valence-electron chi connectivity index (χ3n) is 6.55. The second-order valence-corrected chi connectivity index (χ2v) is 8.43. The maximum absolute atomic E-state index is 13.2. The Morgan fingerprint density at radius 3 is 3.00 bits per heavy atom. The number of imidazole rings is 1. The number of aliphatic hydroxyl groups is 1. The summed E-state index contributed by atoms with van der Waals surface area (Å²) in [5.41, 5.74) is 2.27. The summed E-state index contributed by atoms with van der Waals surface area (Å²) < 4.78 is 7.14. The highest BCUT2D eigenvalue weighted by molar-refractivity contribution is 5.97. The summed E-state index contributed by atoms with van der Waals surface area (Å²) in [7, 11) is 3.42. The lowest BCUT2D eigenvalue weighted by Gasteiger charge is -2.45. The lowest BCUT2D eigenvalue weighted by Crippen LogP contribution is -2.61. The first-order valence-electron chi connectivity index (χ1n) is 10.9. The quantitative estimate of drug-likeness (QED) is 0.693. The third-order valence-corrected chi connectivity index (χ3v) is 6.55. The number of piperazine rings is 1. The summed E-state index contributed by atoms with van der Waals surface area (Å²) in [5, 5.41) is 13.9. The first-order chi connectivity index (χ1) is 15.0. The molecule has 0 radical (unpaired) electrons. The van der Waals surface area contributed by atoms with Gasteiger partial charge in [-0.15, -0.1) is 0 Å². The van der Waals surface area contributed by atoms with E-state index in [-0.39, 0.29) is 23.9 Å². The molecule has 1 aliphatic carbocycles. The first kappa shape index (κ1) is 21.7. The van der Waals surface area contributed by atoms with Crippen molar-refractivity contribution < 1.29 is 19.4 Å². The summed E-state index contributed by atoms with van der Waals surface area (Å²) in [5.74, 6) is -0.141. The number of methoxy groups -OCH3 is 1. The fourth-order valence-corrected chi connectivity index (χ4v) is 4.82. The number of rotatable bonds is 6. The van der Waals surface area contributed by atoms with Gasteiger partial charge in [0.15, 0.2) is 0 Å². The number of amides is 2. The van der Waals surface area contributed by atoms with Crippen LogP contribution in [0.3, 0.4) is 0 Å². The first-order valence-corrected chi connectivity index (χ1v) is 10.9. The van der Waals surface area contributed by atoms with Crippen LogP contribution in [0.1, 0.15) is 29.6 Å². The molecule has 2 aromatic rings. The number of hydrogen-bond donors (Lipinski definition) is 2. The molecule has 1 aromatic heterocycles. The van der Waals surface area contributed by atoms with Crippen LogP contribution in [0.2, 0.25) is 0 Å². The van der Waals surface area contributed by atoms with Gasteiger partial charge in [0.2, 0.25) is 5.91 Å². The largest absolute Gasteiger partial charge is 0.389 e. The zero-order valence-electron chi connectivity index (χ0n) is 18.2. The van der Waals surface area contributed by atoms with Gasteiger partial charge in [-0.1, -0.05) is 0 Å². The minimum absolute atomic E-state index is 0.0109. The van der Waals surface area contributed by atoms with E-state index >= 15 is 0 Å². The van der Waals surface area contributed by atoms with E-state index in [0.717, 1.165) is 36.8 Å². The summed E-state index contributed by atoms with van der Waals surface area (Å²) in [6.45, 7) is 2.91. The van der Waals surface area contributed by atoms with Gasteiger partial charge in [0, 0.05) is 45.4 Å². The number of aromatic nitrogens is 2. The summed E-state index contributed by atoms with van der Waals surface area (Å²) in [6, 6.07) is 5.13. The van der Waals surface area contributed by atoms with Gasteiger partial charge in [0.1, 0.15) is 0 Å². The molecule has 1 aliphatic heterocycles. The molecule has 0 bridgehead atoms. The number of fused-ring (bicyclic) bond motifs is 1. The molecule has 2 amide bonds. The smallest absolute Gasteiger partial charge is 0.254 e. The average Bonchev–Trinajstić information content (AvgIpc) is 3.19. The van der Waals surface area contributed by atoms with Crippen molar-refractivity contribution in [3.05, 3.63) is 30.1 Å². The molecule has 9 nitrogen and oxygen atoms in total. The van der Waals surface area contributed by atoms with Crippen molar-refractivity contribution in [2.24, 2.45) is 0 Å². The normalized spacial score (nSPS) is 24.9. The summed E-state index contributed by atoms with van der Waals surface area (Å²) in [6.07, 6.45) is 3.55. The van der Waals surface area contributed by atoms with Crippen LogP contribution in [0.4, 0.5) is 0 Å². The topological polar surface area (TPSA) is 99.9 Å². The number of hydrogen-bond acceptors (Lipinski definition) is 6. The Bertz CT molecular complexity index is 945. The Labute approximate surface area is 182 Å². The Morgan fingerprint density at radius 2 is 2.23 bits per heavy atom. The van der Waals surface area contributed by atoms with E-state index in [4.69, 9.17) is 4.74 Å². The van der Waals surface area contributed by atoms with Gasteiger partial charge in [0.25, 0.3) is 5.91 Å². The van der Waals surface area contributed by atoms with Crippen LogP contribution in [0.5, 0.6) is 0 Å². The Morgan fingerprint density at radius 1 is 1.39 bits per heavy atom. The van der Waals surface area contributed by atoms with Gasteiger partial charge in [-0.2, -0.15) is 0 Å². The number of carbonyl (C=O) groups excluding carboxylic acids is 2. The van der Waals surface area contributed by atoms with Gasteiger partial charge in [-0.25, -0.2) is 4.98 Å². The monoisotopic (exact) mass is 429 g/mol. The fourth-order valence-electron chi connectivity index (χ4n) is 4.82. The van der Waals surface area contributed by atoms with Crippen molar-refractivity contribution in [1.29, 1.82) is 0 Å². The number of likely N-dealkylation sites (N-methyl/N-ethyl adjacent to an activating group) is 1. The molecular formula is C22H31N5O4. The molecule has 0 unspecified atom stereocenters. The zero-order valence-corrected chi connectivity index (χ0v) is 18.2. The summed E-state index contributed by atoms with van der Waals surface area (Å²) >= 11 is 0. The van der Waals surface area contributed by atoms with Crippen LogP contribution in [0, 0.1) is 0 Å². The van der Waals surface area contributed by atoms with Crippen LogP contribution < -0.4 is 5.32 Å². The molecular weight excluding hydrogens is 398 g/mol. The minimum atomic E-state index is -0.689. The van der Waals surface area contributed by atoms with Crippen LogP contribution >= 0.6 is 0 Å². The molecule has 1 aromatic carbocycles. The molecule has 9 heteroatoms. The molecule has 2 fully saturated rings. The second-order valence-electron chi connectivity index (χ2n) is 8.43. The highest BCUT2D eigenvalue weighted by Crippen LogP contribution is 2.28. The van der Waals surface area contributed by atoms with E-state index < -0.39 is 6.10 Å². The number of nitrogens with zero attached hydrogens (tertiary/aromatic N) is 4. The van der Waals surface area contributed by atoms with Crippen molar-refractivity contribution >= 4 is 22.8 Å². The molecule has 2 N–H and O–H groups in total. The molecule has 31 heavy (non-hydrogen) atoms. The van der Waals surface area contributed by atoms with E-state index in [1.807, 2.05) is 21.6 Å². The molecule has 2 aliphatic rings. The lowest BCUT2D eigenvalue weighted by molar-refractivity contribution is -0.127. The van der Waals surface area contributed by atoms with E-state index in [0.29, 0.717) is 31.8 Å². The van der Waals surface area contributed by atoms with Crippen LogP contribution in [0.15, 0.2) is 24.5 Å². The number of aliphatic hydroxyl groups excluding tert-OH is 1. The Balaban J connectivity index is 1.48. The molecule has 3 atom stereocenters. The van der Waals surface area contributed by atoms with E-state index in [9.17, 15) is 14.7 Å². The highest BCUT2D eigenvalue weighted by atomic mass is 16.5. The number of ether oxygens (including phenoxy) is 1. The molecule has 2 heterocycles. The molecule has 1 saturated carbocycles. The van der Waals surface area contributed by atoms with Crippen LogP contribution in [-0.2, 0) is 16.1 Å². The number of carbonyl (C=O) groups is 2. The van der Waals surface area contributed by atoms with Crippen molar-refractivity contribution in [1.82, 2.24) is 24.7 Å². The van der Waals surface area contributed by atoms with E-state index in [2.05, 4.69) is 10.3 Å². The maximum Gasteiger partial charge on any atom is 0.254 e. The molecule has 0 spiro atoms. The van der Waals surface area contributed by atoms with Crippen molar-refractivity contribution in [2.75, 3.05) is 40.4 Å². The van der Waals surface area contributed by atoms with Crippen LogP contribution in [0.25, 0.3) is 11.0 Å². The van der Waals surface area contributed by atoms with Gasteiger partial charge in [-0.3, -0.25) is 14.5 Å². The van der Waals surface area contributed by atoms with Crippen molar-refractivity contribution in [3.63, 3.8) is 0 Å². The average molecular weight is 430 g/mol. The fraction of sp³-hybridized carbons (Fsp3) is 0.591. The van der Waals surface area contributed by atoms with Gasteiger partial charge in [0.05, 0.1) is 42.7 Å². The van der Waals surface area contributed by atoms with Crippen LogP contribution in [-0.4, -0.2) is 94.9 Å². The van der Waals surface area contributed by atoms with Gasteiger partial charge < -0.3 is 24.6 Å². The molecule has 1 saturated heterocycles. The standard InChI is InChI=1S/C22H31N5O4/c1-25(18-4-3-5-19(21(18)29)26-9-8-23-20(28)13-26)22(30)15-6-7-17-16(12-15)24-14-27(17)10-11-31-2/h6-7,12,14,18-19,21,29H,3-5,8-11,13H2,1-2H3,(H,23,28)/t18-,19-,21-/m1/s1. The Kier molecular flexibility index (Phi) is 6.54. The van der Waals surface area contributed by atoms with Crippen molar-refractivity contribution in [2.45, 2.75) is 44.0 Å². The number of benzene rings is 1. The number of nitrogens with one attached hydrogen (secondary N) is 1. The van der Waals surface area contributed by atoms with Crippen molar-refractivity contribution in [3.8, 4) is 0 Å². The SMILES string of the molecule is COCCn1cnc2cc(C(=O)N(C)[C@@H]3CCC[C@@H](N4CCNC(=O)C4)[C@@H]3O)ccc21. The van der Waals surface area contributed by atoms with Gasteiger partial charge in [-0.05, 0) is 37.5 Å². The second kappa shape index (κ2) is 9.33. The Hall–Kier alpha value is -2.49. The predicted molar refractivity (Wildman–Crippen MR) is 116 cm³/mol. The highest BCUT2D eigenvalue weighted by Gasteiger charge is 2.40. The van der Waals surface area contributed by atoms with E-state index in [1.165, 1.54) is 0 Å². The molecule has 4 rings (SSSR count). The maximum atomic E-state index is 13.2. The van der Waals surface area contributed by atoms with Gasteiger partial charge >= 0.3 is 0 Å². The summed E-state index contributed by atoms with van der Waals surface area (Å²) in [4.78, 5) is 33.1. The predicted octanol–water partition coefficient (Wildman–Crippen LogP) is 0.469. The minimum Gasteiger partial charge on any atom is -0.389 e. The third kappa shape index (κ3) is 4.44.